The minimum Gasteiger partial charge on any atom is -0.448 e. The summed E-state index contributed by atoms with van der Waals surface area (Å²) in [5.41, 5.74) is 2.55. The number of ether oxygens (including phenoxy) is 1. The molecule has 0 spiro atoms. The molecule has 0 aliphatic carbocycles. The van der Waals surface area contributed by atoms with Gasteiger partial charge in [0.1, 0.15) is 5.82 Å². The zero-order valence-electron chi connectivity index (χ0n) is 15.7. The molecule has 0 aliphatic rings. The molecule has 0 saturated carbocycles. The van der Waals surface area contributed by atoms with Crippen molar-refractivity contribution in [3.63, 3.8) is 0 Å². The first-order valence-electron chi connectivity index (χ1n) is 8.95. The second kappa shape index (κ2) is 8.34. The van der Waals surface area contributed by atoms with Gasteiger partial charge in [-0.2, -0.15) is 0 Å². The molecular formula is C21H15FN4O3S. The number of hydrogen-bond acceptors (Lipinski definition) is 7. The van der Waals surface area contributed by atoms with Gasteiger partial charge in [-0.25, -0.2) is 19.2 Å². The van der Waals surface area contributed by atoms with E-state index < -0.39 is 18.0 Å². The number of aromatic nitrogens is 3. The third kappa shape index (κ3) is 4.31. The van der Waals surface area contributed by atoms with Gasteiger partial charge in [0.15, 0.2) is 16.9 Å². The number of nitrogens with zero attached hydrogens (tertiary/aromatic N) is 3. The Balaban J connectivity index is 1.39. The number of esters is 1. The van der Waals surface area contributed by atoms with Gasteiger partial charge < -0.3 is 4.74 Å². The average Bonchev–Trinajstić information content (AvgIpc) is 3.22. The second-order valence-electron chi connectivity index (χ2n) is 6.33. The van der Waals surface area contributed by atoms with Crippen molar-refractivity contribution in [1.82, 2.24) is 15.0 Å². The van der Waals surface area contributed by atoms with Gasteiger partial charge in [0, 0.05) is 10.9 Å². The van der Waals surface area contributed by atoms with Crippen LogP contribution in [0.2, 0.25) is 0 Å². The molecule has 0 bridgehead atoms. The number of para-hydroxylation sites is 2. The van der Waals surface area contributed by atoms with Crippen LogP contribution >= 0.6 is 11.3 Å². The topological polar surface area (TPSA) is 94.1 Å². The standard InChI is InChI=1S/C21H15FN4O3S/c1-12(29-20(28)17-10-23-15-4-2-3-5-16(15)24-17)19(27)26-21-25-18(11-30-21)13-6-8-14(22)9-7-13/h2-12H,1H3,(H,25,26,27). The molecule has 0 saturated heterocycles. The fourth-order valence-electron chi connectivity index (χ4n) is 2.62. The molecule has 2 aromatic heterocycles. The molecule has 30 heavy (non-hydrogen) atoms. The largest absolute Gasteiger partial charge is 0.448 e. The Morgan fingerprint density at radius 3 is 2.57 bits per heavy atom. The van der Waals surface area contributed by atoms with Crippen LogP contribution in [0.5, 0.6) is 0 Å². The van der Waals surface area contributed by atoms with Crippen molar-refractivity contribution in [2.75, 3.05) is 5.32 Å². The first-order chi connectivity index (χ1) is 14.5. The Kier molecular flexibility index (Phi) is 5.44. The maximum Gasteiger partial charge on any atom is 0.359 e. The van der Waals surface area contributed by atoms with Crippen molar-refractivity contribution in [3.05, 3.63) is 71.6 Å². The maximum atomic E-state index is 13.0. The quantitative estimate of drug-likeness (QED) is 0.487. The molecular weight excluding hydrogens is 407 g/mol. The number of anilines is 1. The summed E-state index contributed by atoms with van der Waals surface area (Å²) in [6.45, 7) is 1.45. The number of rotatable bonds is 5. The van der Waals surface area contributed by atoms with Gasteiger partial charge in [-0.15, -0.1) is 11.3 Å². The van der Waals surface area contributed by atoms with Gasteiger partial charge in [-0.05, 0) is 43.3 Å². The molecule has 150 valence electrons. The zero-order valence-corrected chi connectivity index (χ0v) is 16.5. The number of fused-ring (bicyclic) bond motifs is 1. The molecule has 1 N–H and O–H groups in total. The predicted molar refractivity (Wildman–Crippen MR) is 111 cm³/mol. The van der Waals surface area contributed by atoms with Crippen LogP contribution in [0.25, 0.3) is 22.3 Å². The Hall–Kier alpha value is -3.72. The minimum absolute atomic E-state index is 0.0150. The van der Waals surface area contributed by atoms with E-state index in [1.165, 1.54) is 36.6 Å². The normalized spacial score (nSPS) is 11.8. The number of hydrogen-bond donors (Lipinski definition) is 1. The molecule has 2 heterocycles. The van der Waals surface area contributed by atoms with Crippen LogP contribution in [0.1, 0.15) is 17.4 Å². The maximum absolute atomic E-state index is 13.0. The van der Waals surface area contributed by atoms with Crippen LogP contribution in [0.15, 0.2) is 60.1 Å². The zero-order chi connectivity index (χ0) is 21.1. The van der Waals surface area contributed by atoms with Crippen LogP contribution in [0, 0.1) is 5.82 Å². The lowest BCUT2D eigenvalue weighted by Crippen LogP contribution is -2.30. The van der Waals surface area contributed by atoms with E-state index in [2.05, 4.69) is 20.3 Å². The number of benzene rings is 2. The van der Waals surface area contributed by atoms with Crippen LogP contribution in [-0.4, -0.2) is 32.9 Å². The monoisotopic (exact) mass is 422 g/mol. The number of thiazole rings is 1. The SMILES string of the molecule is CC(OC(=O)c1cnc2ccccc2n1)C(=O)Nc1nc(-c2ccc(F)cc2)cs1. The van der Waals surface area contributed by atoms with Crippen molar-refractivity contribution in [2.24, 2.45) is 0 Å². The summed E-state index contributed by atoms with van der Waals surface area (Å²) in [6, 6.07) is 13.0. The Morgan fingerprint density at radius 2 is 1.80 bits per heavy atom. The molecule has 0 radical (unpaired) electrons. The number of nitrogens with one attached hydrogen (secondary N) is 1. The van der Waals surface area contributed by atoms with Gasteiger partial charge in [-0.1, -0.05) is 12.1 Å². The van der Waals surface area contributed by atoms with Crippen molar-refractivity contribution >= 4 is 39.4 Å². The van der Waals surface area contributed by atoms with E-state index in [-0.39, 0.29) is 11.5 Å². The summed E-state index contributed by atoms with van der Waals surface area (Å²) in [5, 5.41) is 4.69. The van der Waals surface area contributed by atoms with Gasteiger partial charge >= 0.3 is 5.97 Å². The lowest BCUT2D eigenvalue weighted by atomic mass is 10.2. The lowest BCUT2D eigenvalue weighted by Gasteiger charge is -2.12. The third-order valence-corrected chi connectivity index (χ3v) is 4.94. The summed E-state index contributed by atoms with van der Waals surface area (Å²) in [7, 11) is 0. The number of amides is 1. The molecule has 4 rings (SSSR count). The van der Waals surface area contributed by atoms with Crippen molar-refractivity contribution in [3.8, 4) is 11.3 Å². The molecule has 0 aliphatic heterocycles. The smallest absolute Gasteiger partial charge is 0.359 e. The van der Waals surface area contributed by atoms with E-state index in [0.29, 0.717) is 21.9 Å². The highest BCUT2D eigenvalue weighted by atomic mass is 32.1. The summed E-state index contributed by atoms with van der Waals surface area (Å²) >= 11 is 1.21. The van der Waals surface area contributed by atoms with Crippen molar-refractivity contribution in [1.29, 1.82) is 0 Å². The number of carbonyl (C=O) groups excluding carboxylic acids is 2. The molecule has 1 amide bonds. The van der Waals surface area contributed by atoms with Crippen molar-refractivity contribution in [2.45, 2.75) is 13.0 Å². The Morgan fingerprint density at radius 1 is 1.07 bits per heavy atom. The molecule has 9 heteroatoms. The van der Waals surface area contributed by atoms with Gasteiger partial charge in [0.25, 0.3) is 5.91 Å². The van der Waals surface area contributed by atoms with E-state index in [0.717, 1.165) is 5.56 Å². The van der Waals surface area contributed by atoms with Crippen LogP contribution in [-0.2, 0) is 9.53 Å². The highest BCUT2D eigenvalue weighted by Gasteiger charge is 2.21. The Bertz CT molecular complexity index is 1230. The van der Waals surface area contributed by atoms with Crippen LogP contribution < -0.4 is 5.32 Å². The van der Waals surface area contributed by atoms with Crippen LogP contribution in [0.3, 0.4) is 0 Å². The average molecular weight is 422 g/mol. The van der Waals surface area contributed by atoms with E-state index in [4.69, 9.17) is 4.74 Å². The summed E-state index contributed by atoms with van der Waals surface area (Å²) in [6.07, 6.45) is 0.245. The van der Waals surface area contributed by atoms with Crippen LogP contribution in [0.4, 0.5) is 9.52 Å². The Labute approximate surface area is 174 Å². The highest BCUT2D eigenvalue weighted by Crippen LogP contribution is 2.25. The van der Waals surface area contributed by atoms with E-state index in [1.54, 1.807) is 35.7 Å². The molecule has 7 nitrogen and oxygen atoms in total. The van der Waals surface area contributed by atoms with Gasteiger partial charge in [0.05, 0.1) is 22.9 Å². The van der Waals surface area contributed by atoms with Gasteiger partial charge in [-0.3, -0.25) is 15.1 Å². The molecule has 2 aromatic carbocycles. The molecule has 1 unspecified atom stereocenters. The predicted octanol–water partition coefficient (Wildman–Crippen LogP) is 4.08. The summed E-state index contributed by atoms with van der Waals surface area (Å²) in [5.74, 6) is -1.62. The minimum atomic E-state index is -1.07. The third-order valence-electron chi connectivity index (χ3n) is 4.19. The molecule has 1 atom stereocenters. The van der Waals surface area contributed by atoms with E-state index in [1.807, 2.05) is 6.07 Å². The number of carbonyl (C=O) groups is 2. The van der Waals surface area contributed by atoms with E-state index >= 15 is 0 Å². The lowest BCUT2D eigenvalue weighted by molar-refractivity contribution is -0.123. The molecule has 4 aromatic rings. The fourth-order valence-corrected chi connectivity index (χ4v) is 3.34. The summed E-state index contributed by atoms with van der Waals surface area (Å²) in [4.78, 5) is 37.4. The number of halogens is 1. The van der Waals surface area contributed by atoms with Crippen molar-refractivity contribution < 1.29 is 18.7 Å². The summed E-state index contributed by atoms with van der Waals surface area (Å²) < 4.78 is 18.3. The fraction of sp³-hybridized carbons (Fsp3) is 0.0952. The first kappa shape index (κ1) is 19.6. The second-order valence-corrected chi connectivity index (χ2v) is 7.18. The molecule has 0 fully saturated rings. The highest BCUT2D eigenvalue weighted by molar-refractivity contribution is 7.14. The van der Waals surface area contributed by atoms with E-state index in [9.17, 15) is 14.0 Å². The first-order valence-corrected chi connectivity index (χ1v) is 9.82. The van der Waals surface area contributed by atoms with Gasteiger partial charge in [0.2, 0.25) is 0 Å².